The van der Waals surface area contributed by atoms with Crippen LogP contribution in [0, 0.1) is 5.92 Å². The molecule has 166 valence electrons. The molecule has 0 saturated carbocycles. The molecule has 0 fully saturated rings. The Balaban J connectivity index is 2.51. The first kappa shape index (κ1) is 23.9. The zero-order chi connectivity index (χ0) is 22.1. The smallest absolute Gasteiger partial charge is 0.224 e. The van der Waals surface area contributed by atoms with Crippen molar-refractivity contribution in [3.05, 3.63) is 30.3 Å². The summed E-state index contributed by atoms with van der Waals surface area (Å²) in [6.07, 6.45) is 2.79. The highest BCUT2D eigenvalue weighted by Crippen LogP contribution is 2.19. The summed E-state index contributed by atoms with van der Waals surface area (Å²) >= 11 is 0. The van der Waals surface area contributed by atoms with Crippen LogP contribution < -0.4 is 4.90 Å². The Hall–Kier alpha value is -2.41. The number of hydrogen-bond acceptors (Lipinski definition) is 7. The minimum absolute atomic E-state index is 0.114. The van der Waals surface area contributed by atoms with Gasteiger partial charge in [-0.15, -0.1) is 0 Å². The second-order valence-corrected chi connectivity index (χ2v) is 7.70. The number of benzene rings is 1. The van der Waals surface area contributed by atoms with Gasteiger partial charge in [0.1, 0.15) is 18.5 Å². The molecule has 1 unspecified atom stereocenters. The number of para-hydroxylation sites is 1. The highest BCUT2D eigenvalue weighted by molar-refractivity contribution is 6.08. The first-order valence-corrected chi connectivity index (χ1v) is 11.0. The van der Waals surface area contributed by atoms with E-state index >= 15 is 0 Å². The van der Waals surface area contributed by atoms with Crippen molar-refractivity contribution in [2.24, 2.45) is 20.9 Å². The molecule has 2 rings (SSSR count). The van der Waals surface area contributed by atoms with E-state index < -0.39 is 0 Å². The van der Waals surface area contributed by atoms with Crippen LogP contribution in [-0.4, -0.2) is 78.5 Å². The molecule has 1 N–H and O–H groups in total. The highest BCUT2D eigenvalue weighted by atomic mass is 16.3. The molecule has 30 heavy (non-hydrogen) atoms. The predicted molar refractivity (Wildman–Crippen MR) is 128 cm³/mol. The molecule has 1 heterocycles. The van der Waals surface area contributed by atoms with E-state index in [4.69, 9.17) is 15.0 Å². The third kappa shape index (κ3) is 5.81. The number of likely N-dealkylation sites (N-methyl/N-ethyl adjacent to an activating group) is 1. The highest BCUT2D eigenvalue weighted by Gasteiger charge is 2.25. The topological polar surface area (TPSA) is 67.0 Å². The fraction of sp³-hybridized carbons (Fsp3) is 0.609. The van der Waals surface area contributed by atoms with Gasteiger partial charge in [0.2, 0.25) is 5.96 Å². The molecular formula is C23H38N6O. The molecule has 0 radical (unpaired) electrons. The van der Waals surface area contributed by atoms with E-state index in [1.807, 2.05) is 31.6 Å². The quantitative estimate of drug-likeness (QED) is 0.743. The third-order valence-electron chi connectivity index (χ3n) is 5.87. The van der Waals surface area contributed by atoms with Crippen molar-refractivity contribution in [2.45, 2.75) is 53.1 Å². The van der Waals surface area contributed by atoms with Crippen molar-refractivity contribution in [1.82, 2.24) is 9.80 Å². The van der Waals surface area contributed by atoms with Gasteiger partial charge in [0, 0.05) is 44.4 Å². The molecule has 7 heteroatoms. The third-order valence-corrected chi connectivity index (χ3v) is 5.87. The Morgan fingerprint density at radius 1 is 1.20 bits per heavy atom. The van der Waals surface area contributed by atoms with Crippen LogP contribution >= 0.6 is 0 Å². The molecule has 0 amide bonds. The van der Waals surface area contributed by atoms with Crippen LogP contribution in [0.25, 0.3) is 0 Å². The Labute approximate surface area is 181 Å². The number of anilines is 1. The fourth-order valence-corrected chi connectivity index (χ4v) is 3.55. The van der Waals surface area contributed by atoms with Crippen molar-refractivity contribution in [1.29, 1.82) is 0 Å². The van der Waals surface area contributed by atoms with Gasteiger partial charge < -0.3 is 19.8 Å². The van der Waals surface area contributed by atoms with E-state index in [1.54, 1.807) is 0 Å². The SMILES string of the molecule is CC[C@H](CO)[C@@H](C)N(C)C1=N/CN(CC)/C=N\C(C)/C(N(CC)c2ccccc2)=N\1. The van der Waals surface area contributed by atoms with Gasteiger partial charge in [0.25, 0.3) is 0 Å². The normalized spacial score (nSPS) is 23.7. The van der Waals surface area contributed by atoms with Crippen LogP contribution in [0.1, 0.15) is 41.0 Å². The van der Waals surface area contributed by atoms with E-state index in [0.717, 1.165) is 31.0 Å². The lowest BCUT2D eigenvalue weighted by molar-refractivity contribution is 0.159. The Morgan fingerprint density at radius 3 is 2.47 bits per heavy atom. The van der Waals surface area contributed by atoms with Crippen molar-refractivity contribution < 1.29 is 5.11 Å². The van der Waals surface area contributed by atoms with Gasteiger partial charge >= 0.3 is 0 Å². The number of nitrogens with zero attached hydrogens (tertiary/aromatic N) is 6. The summed E-state index contributed by atoms with van der Waals surface area (Å²) in [7, 11) is 2.02. The fourth-order valence-electron chi connectivity index (χ4n) is 3.55. The van der Waals surface area contributed by atoms with Crippen molar-refractivity contribution >= 4 is 23.8 Å². The molecule has 0 aliphatic carbocycles. The molecule has 0 bridgehead atoms. The number of aliphatic hydroxyl groups is 1. The lowest BCUT2D eigenvalue weighted by Crippen LogP contribution is -2.43. The van der Waals surface area contributed by atoms with Gasteiger partial charge in [-0.05, 0) is 46.2 Å². The number of aliphatic hydroxyl groups excluding tert-OH is 1. The van der Waals surface area contributed by atoms with Crippen molar-refractivity contribution in [3.63, 3.8) is 0 Å². The summed E-state index contributed by atoms with van der Waals surface area (Å²) in [5, 5.41) is 9.80. The first-order chi connectivity index (χ1) is 14.5. The minimum Gasteiger partial charge on any atom is -0.396 e. The molecule has 1 aromatic rings. The van der Waals surface area contributed by atoms with E-state index in [1.165, 1.54) is 0 Å². The van der Waals surface area contributed by atoms with Crippen LogP contribution in [-0.2, 0) is 0 Å². The summed E-state index contributed by atoms with van der Waals surface area (Å²) < 4.78 is 0. The predicted octanol–water partition coefficient (Wildman–Crippen LogP) is 3.32. The van der Waals surface area contributed by atoms with Gasteiger partial charge in [0.05, 0.1) is 6.34 Å². The molecule has 3 atom stereocenters. The Morgan fingerprint density at radius 2 is 1.90 bits per heavy atom. The lowest BCUT2D eigenvalue weighted by atomic mass is 9.98. The molecular weight excluding hydrogens is 376 g/mol. The summed E-state index contributed by atoms with van der Waals surface area (Å²) in [4.78, 5) is 21.0. The second-order valence-electron chi connectivity index (χ2n) is 7.70. The van der Waals surface area contributed by atoms with Crippen molar-refractivity contribution in [3.8, 4) is 0 Å². The van der Waals surface area contributed by atoms with Gasteiger partial charge in [0.15, 0.2) is 0 Å². The van der Waals surface area contributed by atoms with Crippen LogP contribution in [0.4, 0.5) is 5.69 Å². The average Bonchev–Trinajstić information content (AvgIpc) is 2.85. The summed E-state index contributed by atoms with van der Waals surface area (Å²) in [5.41, 5.74) is 1.09. The second kappa shape index (κ2) is 11.7. The molecule has 1 aromatic carbocycles. The zero-order valence-corrected chi connectivity index (χ0v) is 19.4. The standard InChI is InChI=1S/C23H38N6O/c1-7-20(15-30)19(5)27(6)23-25-17-28(8-2)16-24-18(4)22(26-23)29(9-3)21-13-11-10-12-14-21/h10-14,16,18-20,30H,7-9,15,17H2,1-6H3/b24-16-,25-23+,26-22+/t18?,19-,20-/m1/s1. The maximum Gasteiger partial charge on any atom is 0.224 e. The summed E-state index contributed by atoms with van der Waals surface area (Å²) in [6, 6.07) is 10.3. The van der Waals surface area contributed by atoms with Crippen LogP contribution in [0.3, 0.4) is 0 Å². The van der Waals surface area contributed by atoms with E-state index in [0.29, 0.717) is 12.6 Å². The molecule has 7 nitrogen and oxygen atoms in total. The van der Waals surface area contributed by atoms with Crippen LogP contribution in [0.5, 0.6) is 0 Å². The number of amidine groups is 1. The largest absolute Gasteiger partial charge is 0.396 e. The number of rotatable bonds is 7. The summed E-state index contributed by atoms with van der Waals surface area (Å²) in [6.45, 7) is 12.8. The van der Waals surface area contributed by atoms with E-state index in [2.05, 4.69) is 61.5 Å². The maximum absolute atomic E-state index is 9.80. The van der Waals surface area contributed by atoms with E-state index in [9.17, 15) is 5.11 Å². The summed E-state index contributed by atoms with van der Waals surface area (Å²) in [5.74, 6) is 1.71. The Kier molecular flexibility index (Phi) is 9.30. The van der Waals surface area contributed by atoms with Gasteiger partial charge in [-0.25, -0.2) is 4.99 Å². The molecule has 1 aliphatic rings. The van der Waals surface area contributed by atoms with Crippen LogP contribution in [0.2, 0.25) is 0 Å². The van der Waals surface area contributed by atoms with E-state index in [-0.39, 0.29) is 24.6 Å². The first-order valence-electron chi connectivity index (χ1n) is 11.0. The van der Waals surface area contributed by atoms with Crippen LogP contribution in [0.15, 0.2) is 45.3 Å². The monoisotopic (exact) mass is 414 g/mol. The van der Waals surface area contributed by atoms with Crippen molar-refractivity contribution in [2.75, 3.05) is 38.3 Å². The maximum atomic E-state index is 9.80. The zero-order valence-electron chi connectivity index (χ0n) is 19.4. The van der Waals surface area contributed by atoms with Gasteiger partial charge in [-0.1, -0.05) is 25.1 Å². The Bertz CT molecular complexity index is 728. The number of hydrogen-bond donors (Lipinski definition) is 1. The number of aliphatic imine (C=N–C) groups is 3. The van der Waals surface area contributed by atoms with Gasteiger partial charge in [-0.2, -0.15) is 4.99 Å². The molecule has 0 spiro atoms. The minimum atomic E-state index is -0.119. The molecule has 0 saturated heterocycles. The van der Waals surface area contributed by atoms with Gasteiger partial charge in [-0.3, -0.25) is 4.99 Å². The average molecular weight is 415 g/mol. The lowest BCUT2D eigenvalue weighted by Gasteiger charge is -2.33. The number of guanidine groups is 1. The molecule has 1 aliphatic heterocycles. The molecule has 0 aromatic heterocycles.